The Bertz CT molecular complexity index is 653. The Hall–Kier alpha value is -1.33. The van der Waals surface area contributed by atoms with Crippen LogP contribution in [0, 0.1) is 6.92 Å². The molecule has 3 heterocycles. The lowest BCUT2D eigenvalue weighted by Gasteiger charge is -2.33. The van der Waals surface area contributed by atoms with Crippen molar-refractivity contribution in [1.29, 1.82) is 0 Å². The second-order valence-corrected chi connectivity index (χ2v) is 5.94. The maximum Gasteiger partial charge on any atom is 0.161 e. The fourth-order valence-electron chi connectivity index (χ4n) is 3.06. The first-order valence-corrected chi connectivity index (χ1v) is 7.84. The molecule has 21 heavy (non-hydrogen) atoms. The lowest BCUT2D eigenvalue weighted by atomic mass is 10.1. The standard InChI is InChI=1S/C15H21ClN4O/c1-4-21-11-6-5-7-20(9-11)13-8-12(16)14-10(2)18-19(3)15(14)17-13/h8,11H,4-7,9H2,1-3H3. The molecule has 0 N–H and O–H groups in total. The third-order valence-corrected chi connectivity index (χ3v) is 4.31. The number of aromatic nitrogens is 3. The van der Waals surface area contributed by atoms with E-state index in [0.29, 0.717) is 0 Å². The van der Waals surface area contributed by atoms with E-state index in [0.717, 1.165) is 60.1 Å². The first-order chi connectivity index (χ1) is 10.1. The fourth-order valence-corrected chi connectivity index (χ4v) is 3.38. The highest BCUT2D eigenvalue weighted by Crippen LogP contribution is 2.30. The quantitative estimate of drug-likeness (QED) is 0.874. The highest BCUT2D eigenvalue weighted by Gasteiger charge is 2.23. The maximum atomic E-state index is 6.45. The zero-order valence-electron chi connectivity index (χ0n) is 12.8. The van der Waals surface area contributed by atoms with E-state index in [-0.39, 0.29) is 6.10 Å². The van der Waals surface area contributed by atoms with Gasteiger partial charge in [-0.1, -0.05) is 11.6 Å². The van der Waals surface area contributed by atoms with Crippen LogP contribution in [-0.4, -0.2) is 40.6 Å². The first-order valence-electron chi connectivity index (χ1n) is 7.46. The van der Waals surface area contributed by atoms with Gasteiger partial charge in [-0.05, 0) is 26.7 Å². The van der Waals surface area contributed by atoms with Gasteiger partial charge in [0.15, 0.2) is 5.65 Å². The van der Waals surface area contributed by atoms with E-state index >= 15 is 0 Å². The summed E-state index contributed by atoms with van der Waals surface area (Å²) in [6.45, 7) is 6.63. The van der Waals surface area contributed by atoms with Gasteiger partial charge in [-0.2, -0.15) is 5.10 Å². The largest absolute Gasteiger partial charge is 0.377 e. The Kier molecular flexibility index (Phi) is 4.04. The van der Waals surface area contributed by atoms with Crippen molar-refractivity contribution < 1.29 is 4.74 Å². The van der Waals surface area contributed by atoms with Gasteiger partial charge in [-0.3, -0.25) is 4.68 Å². The summed E-state index contributed by atoms with van der Waals surface area (Å²) in [5, 5.41) is 6.08. The maximum absolute atomic E-state index is 6.45. The topological polar surface area (TPSA) is 43.2 Å². The molecule has 3 rings (SSSR count). The van der Waals surface area contributed by atoms with Gasteiger partial charge in [0.2, 0.25) is 0 Å². The van der Waals surface area contributed by atoms with E-state index in [2.05, 4.69) is 10.00 Å². The van der Waals surface area contributed by atoms with Crippen molar-refractivity contribution in [2.75, 3.05) is 24.6 Å². The van der Waals surface area contributed by atoms with E-state index < -0.39 is 0 Å². The summed E-state index contributed by atoms with van der Waals surface area (Å²) in [5.74, 6) is 0.917. The van der Waals surface area contributed by atoms with Gasteiger partial charge < -0.3 is 9.64 Å². The molecular weight excluding hydrogens is 288 g/mol. The molecule has 114 valence electrons. The molecule has 1 saturated heterocycles. The molecule has 1 unspecified atom stereocenters. The van der Waals surface area contributed by atoms with Crippen molar-refractivity contribution in [3.63, 3.8) is 0 Å². The van der Waals surface area contributed by atoms with E-state index in [1.165, 1.54) is 0 Å². The van der Waals surface area contributed by atoms with E-state index in [4.69, 9.17) is 21.3 Å². The number of halogens is 1. The second kappa shape index (κ2) is 5.81. The van der Waals surface area contributed by atoms with Crippen LogP contribution in [0.1, 0.15) is 25.5 Å². The fraction of sp³-hybridized carbons (Fsp3) is 0.600. The molecule has 1 atom stereocenters. The molecular formula is C15H21ClN4O. The Labute approximate surface area is 129 Å². The molecule has 2 aromatic rings. The molecule has 0 spiro atoms. The zero-order valence-corrected chi connectivity index (χ0v) is 13.5. The van der Waals surface area contributed by atoms with Crippen molar-refractivity contribution in [2.45, 2.75) is 32.8 Å². The molecule has 6 heteroatoms. The van der Waals surface area contributed by atoms with E-state index in [1.807, 2.05) is 27.0 Å². The number of anilines is 1. The van der Waals surface area contributed by atoms with Crippen LogP contribution >= 0.6 is 11.6 Å². The summed E-state index contributed by atoms with van der Waals surface area (Å²) < 4.78 is 7.56. The average molecular weight is 309 g/mol. The van der Waals surface area contributed by atoms with Crippen molar-refractivity contribution in [3.8, 4) is 0 Å². The number of nitrogens with zero attached hydrogens (tertiary/aromatic N) is 4. The second-order valence-electron chi connectivity index (χ2n) is 5.54. The number of pyridine rings is 1. The zero-order chi connectivity index (χ0) is 15.0. The number of hydrogen-bond acceptors (Lipinski definition) is 4. The van der Waals surface area contributed by atoms with Crippen LogP contribution in [0.25, 0.3) is 11.0 Å². The molecule has 2 aromatic heterocycles. The smallest absolute Gasteiger partial charge is 0.161 e. The van der Waals surface area contributed by atoms with Crippen LogP contribution in [-0.2, 0) is 11.8 Å². The van der Waals surface area contributed by atoms with Gasteiger partial charge >= 0.3 is 0 Å². The lowest BCUT2D eigenvalue weighted by molar-refractivity contribution is 0.0525. The van der Waals surface area contributed by atoms with Crippen LogP contribution in [0.3, 0.4) is 0 Å². The number of piperidine rings is 1. The van der Waals surface area contributed by atoms with E-state index in [1.54, 1.807) is 4.68 Å². The van der Waals surface area contributed by atoms with Crippen LogP contribution in [0.2, 0.25) is 5.02 Å². The molecule has 5 nitrogen and oxygen atoms in total. The average Bonchev–Trinajstić information content (AvgIpc) is 2.75. The summed E-state index contributed by atoms with van der Waals surface area (Å²) >= 11 is 6.45. The molecule has 0 radical (unpaired) electrons. The molecule has 0 aromatic carbocycles. The monoisotopic (exact) mass is 308 g/mol. The Morgan fingerprint density at radius 2 is 2.29 bits per heavy atom. The molecule has 0 bridgehead atoms. The highest BCUT2D eigenvalue weighted by atomic mass is 35.5. The summed E-state index contributed by atoms with van der Waals surface area (Å²) in [4.78, 5) is 7.02. The minimum Gasteiger partial charge on any atom is -0.377 e. The van der Waals surface area contributed by atoms with Crippen LogP contribution in [0.5, 0.6) is 0 Å². The van der Waals surface area contributed by atoms with Crippen molar-refractivity contribution in [3.05, 3.63) is 16.8 Å². The van der Waals surface area contributed by atoms with Gasteiger partial charge in [0.25, 0.3) is 0 Å². The van der Waals surface area contributed by atoms with E-state index in [9.17, 15) is 0 Å². The van der Waals surface area contributed by atoms with Crippen molar-refractivity contribution in [1.82, 2.24) is 14.8 Å². The summed E-state index contributed by atoms with van der Waals surface area (Å²) in [6, 6.07) is 1.95. The van der Waals surface area contributed by atoms with Gasteiger partial charge in [-0.25, -0.2) is 4.98 Å². The van der Waals surface area contributed by atoms with Crippen LogP contribution < -0.4 is 4.90 Å². The molecule has 1 fully saturated rings. The number of fused-ring (bicyclic) bond motifs is 1. The minimum atomic E-state index is 0.285. The Morgan fingerprint density at radius 3 is 3.05 bits per heavy atom. The number of hydrogen-bond donors (Lipinski definition) is 0. The lowest BCUT2D eigenvalue weighted by Crippen LogP contribution is -2.40. The van der Waals surface area contributed by atoms with Gasteiger partial charge in [0.1, 0.15) is 5.82 Å². The number of rotatable bonds is 3. The van der Waals surface area contributed by atoms with Gasteiger partial charge in [-0.15, -0.1) is 0 Å². The third kappa shape index (κ3) is 2.72. The van der Waals surface area contributed by atoms with Gasteiger partial charge in [0, 0.05) is 32.8 Å². The Balaban J connectivity index is 1.95. The summed E-state index contributed by atoms with van der Waals surface area (Å²) in [5.41, 5.74) is 1.76. The van der Waals surface area contributed by atoms with Crippen LogP contribution in [0.4, 0.5) is 5.82 Å². The predicted octanol–water partition coefficient (Wildman–Crippen LogP) is 2.94. The Morgan fingerprint density at radius 1 is 1.48 bits per heavy atom. The van der Waals surface area contributed by atoms with Crippen molar-refractivity contribution >= 4 is 28.5 Å². The first kappa shape index (κ1) is 14.6. The van der Waals surface area contributed by atoms with Gasteiger partial charge in [0.05, 0.1) is 22.2 Å². The summed E-state index contributed by atoms with van der Waals surface area (Å²) in [6.07, 6.45) is 2.52. The third-order valence-electron chi connectivity index (χ3n) is 4.01. The highest BCUT2D eigenvalue weighted by molar-refractivity contribution is 6.35. The predicted molar refractivity (Wildman–Crippen MR) is 85.1 cm³/mol. The summed E-state index contributed by atoms with van der Waals surface area (Å²) in [7, 11) is 1.90. The molecule has 0 saturated carbocycles. The minimum absolute atomic E-state index is 0.285. The number of ether oxygens (including phenoxy) is 1. The normalized spacial score (nSPS) is 19.4. The molecule has 1 aliphatic heterocycles. The SMILES string of the molecule is CCOC1CCCN(c2cc(Cl)c3c(C)nn(C)c3n2)C1. The molecule has 0 amide bonds. The number of aryl methyl sites for hydroxylation is 2. The molecule has 1 aliphatic rings. The van der Waals surface area contributed by atoms with Crippen LogP contribution in [0.15, 0.2) is 6.07 Å². The van der Waals surface area contributed by atoms with Crippen molar-refractivity contribution in [2.24, 2.45) is 7.05 Å². The molecule has 0 aliphatic carbocycles.